The van der Waals surface area contributed by atoms with Crippen LogP contribution in [-0.4, -0.2) is 25.9 Å². The Hall–Kier alpha value is -5.74. The topological polar surface area (TPSA) is 236 Å². The van der Waals surface area contributed by atoms with Crippen molar-refractivity contribution < 1.29 is 25.9 Å². The number of hydrogen-bond donors (Lipinski definition) is 5. The molecule has 0 fully saturated rings. The average Bonchev–Trinajstić information content (AvgIpc) is 3.03. The number of nitrogen functional groups attached to an aromatic ring is 3. The second-order valence-electron chi connectivity index (χ2n) is 10.4. The highest BCUT2D eigenvalue weighted by Gasteiger charge is 2.17. The minimum Gasteiger partial charge on any atom is -0.398 e. The van der Waals surface area contributed by atoms with Crippen LogP contribution in [0.15, 0.2) is 133 Å². The quantitative estimate of drug-likeness (QED) is 0.0635. The van der Waals surface area contributed by atoms with Crippen LogP contribution in [0, 0.1) is 0 Å². The molecular formula is C32H25N7O6S2. The molecule has 47 heavy (non-hydrogen) atoms. The highest BCUT2D eigenvalue weighted by Crippen LogP contribution is 2.37. The van der Waals surface area contributed by atoms with Crippen LogP contribution in [0.3, 0.4) is 0 Å². The fourth-order valence-corrected chi connectivity index (χ4v) is 6.08. The van der Waals surface area contributed by atoms with Crippen LogP contribution in [0.4, 0.5) is 39.8 Å². The Balaban J connectivity index is 1.20. The summed E-state index contributed by atoms with van der Waals surface area (Å²) in [6.45, 7) is 0. The van der Waals surface area contributed by atoms with Crippen LogP contribution >= 0.6 is 0 Å². The summed E-state index contributed by atoms with van der Waals surface area (Å²) in [4.78, 5) is -0.704. The summed E-state index contributed by atoms with van der Waals surface area (Å²) in [5, 5.41) is 19.1. The van der Waals surface area contributed by atoms with E-state index in [0.717, 1.165) is 11.1 Å². The lowest BCUT2D eigenvalue weighted by atomic mass is 10.1. The lowest BCUT2D eigenvalue weighted by Gasteiger charge is -2.09. The smallest absolute Gasteiger partial charge is 0.296 e. The number of rotatable bonds is 7. The fourth-order valence-electron chi connectivity index (χ4n) is 4.95. The van der Waals surface area contributed by atoms with Crippen molar-refractivity contribution >= 4 is 81.6 Å². The molecule has 0 heterocycles. The van der Waals surface area contributed by atoms with Crippen molar-refractivity contribution in [1.29, 1.82) is 0 Å². The van der Waals surface area contributed by atoms with Crippen molar-refractivity contribution in [2.45, 2.75) is 9.79 Å². The molecule has 0 saturated carbocycles. The minimum absolute atomic E-state index is 0.144. The molecule has 236 valence electrons. The monoisotopic (exact) mass is 667 g/mol. The molecule has 0 aliphatic rings. The van der Waals surface area contributed by atoms with Crippen LogP contribution in [0.2, 0.25) is 0 Å². The molecule has 6 aromatic rings. The fraction of sp³-hybridized carbons (Fsp3) is 0. The van der Waals surface area contributed by atoms with E-state index in [0.29, 0.717) is 50.0 Å². The van der Waals surface area contributed by atoms with Gasteiger partial charge >= 0.3 is 0 Å². The Morgan fingerprint density at radius 3 is 1.43 bits per heavy atom. The van der Waals surface area contributed by atoms with E-state index >= 15 is 0 Å². The summed E-state index contributed by atoms with van der Waals surface area (Å²) in [5.74, 6) is 0. The van der Waals surface area contributed by atoms with Gasteiger partial charge in [0.15, 0.2) is 0 Å². The van der Waals surface area contributed by atoms with Gasteiger partial charge in [-0.15, -0.1) is 10.2 Å². The van der Waals surface area contributed by atoms with Gasteiger partial charge in [-0.05, 0) is 83.9 Å². The maximum atomic E-state index is 11.7. The van der Waals surface area contributed by atoms with Crippen molar-refractivity contribution in [3.63, 3.8) is 0 Å². The van der Waals surface area contributed by atoms with Crippen molar-refractivity contribution in [3.05, 3.63) is 103 Å². The van der Waals surface area contributed by atoms with E-state index in [2.05, 4.69) is 20.5 Å². The van der Waals surface area contributed by atoms with Gasteiger partial charge in [-0.3, -0.25) is 9.11 Å². The zero-order chi connectivity index (χ0) is 33.5. The summed E-state index contributed by atoms with van der Waals surface area (Å²) in [5.41, 5.74) is 22.3. The van der Waals surface area contributed by atoms with Crippen LogP contribution in [0.1, 0.15) is 0 Å². The number of anilines is 3. The third kappa shape index (κ3) is 6.49. The Kier molecular flexibility index (Phi) is 7.90. The maximum Gasteiger partial charge on any atom is 0.296 e. The number of fused-ring (bicyclic) bond motifs is 2. The van der Waals surface area contributed by atoms with Crippen LogP contribution < -0.4 is 17.2 Å². The Bertz CT molecular complexity index is 2480. The van der Waals surface area contributed by atoms with Gasteiger partial charge in [0.25, 0.3) is 20.2 Å². The molecule has 0 spiro atoms. The molecule has 6 rings (SSSR count). The highest BCUT2D eigenvalue weighted by molar-refractivity contribution is 7.86. The van der Waals surface area contributed by atoms with Crippen molar-refractivity contribution in [3.8, 4) is 11.1 Å². The van der Waals surface area contributed by atoms with E-state index in [4.69, 9.17) is 17.2 Å². The molecule has 8 N–H and O–H groups in total. The van der Waals surface area contributed by atoms with Crippen LogP contribution in [0.25, 0.3) is 32.7 Å². The van der Waals surface area contributed by atoms with Crippen molar-refractivity contribution in [2.24, 2.45) is 20.5 Å². The average molecular weight is 668 g/mol. The first-order valence-corrected chi connectivity index (χ1v) is 16.6. The van der Waals surface area contributed by atoms with Gasteiger partial charge in [-0.25, -0.2) is 0 Å². The predicted octanol–water partition coefficient (Wildman–Crippen LogP) is 7.73. The first-order chi connectivity index (χ1) is 22.3. The molecule has 0 amide bonds. The Morgan fingerprint density at radius 2 is 0.936 bits per heavy atom. The lowest BCUT2D eigenvalue weighted by molar-refractivity contribution is 0.481. The maximum absolute atomic E-state index is 11.7. The summed E-state index contributed by atoms with van der Waals surface area (Å²) < 4.78 is 65.3. The van der Waals surface area contributed by atoms with E-state index in [-0.39, 0.29) is 16.3 Å². The Labute approximate surface area is 268 Å². The molecule has 6 aromatic carbocycles. The number of nitrogens with two attached hydrogens (primary N) is 3. The summed E-state index contributed by atoms with van der Waals surface area (Å²) in [7, 11) is -8.93. The van der Waals surface area contributed by atoms with E-state index in [9.17, 15) is 25.9 Å². The summed E-state index contributed by atoms with van der Waals surface area (Å²) in [6.07, 6.45) is 0. The van der Waals surface area contributed by atoms with Gasteiger partial charge in [0.1, 0.15) is 4.90 Å². The molecule has 0 aromatic heterocycles. The number of nitrogens with zero attached hydrogens (tertiary/aromatic N) is 4. The summed E-state index contributed by atoms with van der Waals surface area (Å²) >= 11 is 0. The molecule has 0 radical (unpaired) electrons. The van der Waals surface area contributed by atoms with E-state index in [1.165, 1.54) is 30.3 Å². The second-order valence-corrected chi connectivity index (χ2v) is 13.2. The second kappa shape index (κ2) is 11.9. The van der Waals surface area contributed by atoms with Gasteiger partial charge in [0.05, 0.1) is 33.3 Å². The normalized spacial score (nSPS) is 12.5. The zero-order valence-corrected chi connectivity index (χ0v) is 25.8. The van der Waals surface area contributed by atoms with Crippen molar-refractivity contribution in [1.82, 2.24) is 0 Å². The highest BCUT2D eigenvalue weighted by atomic mass is 32.2. The molecule has 0 bridgehead atoms. The van der Waals surface area contributed by atoms with Gasteiger partial charge in [-0.1, -0.05) is 30.3 Å². The van der Waals surface area contributed by atoms with Gasteiger partial charge < -0.3 is 17.2 Å². The lowest BCUT2D eigenvalue weighted by Crippen LogP contribution is -2.03. The largest absolute Gasteiger partial charge is 0.398 e. The van der Waals surface area contributed by atoms with E-state index in [1.54, 1.807) is 48.5 Å². The van der Waals surface area contributed by atoms with Crippen molar-refractivity contribution in [2.75, 3.05) is 17.2 Å². The molecule has 0 saturated heterocycles. The number of hydrogen-bond acceptors (Lipinski definition) is 11. The molecule has 13 nitrogen and oxygen atoms in total. The Morgan fingerprint density at radius 1 is 0.447 bits per heavy atom. The number of azo groups is 2. The van der Waals surface area contributed by atoms with E-state index in [1.807, 2.05) is 24.3 Å². The predicted molar refractivity (Wildman–Crippen MR) is 181 cm³/mol. The molecule has 0 unspecified atom stereocenters. The summed E-state index contributed by atoms with van der Waals surface area (Å²) in [6, 6.07) is 27.8. The number of benzene rings is 6. The molecule has 0 atom stereocenters. The van der Waals surface area contributed by atoms with Gasteiger partial charge in [0, 0.05) is 32.9 Å². The third-order valence-electron chi connectivity index (χ3n) is 7.35. The molecule has 15 heteroatoms. The van der Waals surface area contributed by atoms with Gasteiger partial charge in [-0.2, -0.15) is 27.1 Å². The molecular weight excluding hydrogens is 643 g/mol. The molecule has 0 aliphatic carbocycles. The molecule has 0 aliphatic heterocycles. The first kappa shape index (κ1) is 31.3. The van der Waals surface area contributed by atoms with E-state index < -0.39 is 25.1 Å². The minimum atomic E-state index is -4.54. The zero-order valence-electron chi connectivity index (χ0n) is 24.2. The standard InChI is InChI=1S/C32H25N7O6S2/c33-27-11-13-30(23-10-9-22(15-24(23)27)46(40,41)42)38-36-20-5-1-18(2-6-20)19-3-7-21(8-4-19)37-39-31-14-12-28(34)25-17-32(47(43,44)45)29(35)16-26(25)31/h1-17H,33-35H2,(H,40,41,42)(H,43,44,45). The van der Waals surface area contributed by atoms with Crippen LogP contribution in [0.5, 0.6) is 0 Å². The SMILES string of the molecule is Nc1cc2c(N=Nc3ccc(-c4ccc(N=Nc5ccc(N)c6cc(S(=O)(=O)O)ccc56)cc4)cc3)ccc(N)c2cc1S(=O)(=O)O. The van der Waals surface area contributed by atoms with Gasteiger partial charge in [0.2, 0.25) is 0 Å². The third-order valence-corrected chi connectivity index (χ3v) is 9.11. The first-order valence-electron chi connectivity index (χ1n) is 13.7. The van der Waals surface area contributed by atoms with Crippen LogP contribution in [-0.2, 0) is 20.2 Å².